The van der Waals surface area contributed by atoms with Gasteiger partial charge in [0.05, 0.1) is 28.0 Å². The van der Waals surface area contributed by atoms with Crippen LogP contribution in [-0.2, 0) is 11.3 Å². The molecule has 20 heavy (non-hydrogen) atoms. The van der Waals surface area contributed by atoms with E-state index in [0.717, 1.165) is 5.56 Å². The Morgan fingerprint density at radius 1 is 1.25 bits per heavy atom. The number of hydrogen-bond donors (Lipinski definition) is 1. The van der Waals surface area contributed by atoms with E-state index < -0.39 is 11.3 Å². The number of aryl methyl sites for hydroxylation is 1. The fourth-order valence-electron chi connectivity index (χ4n) is 1.73. The summed E-state index contributed by atoms with van der Waals surface area (Å²) in [4.78, 5) is 0. The van der Waals surface area contributed by atoms with Crippen molar-refractivity contribution in [1.82, 2.24) is 0 Å². The molecule has 1 N–H and O–H groups in total. The van der Waals surface area contributed by atoms with Crippen LogP contribution in [0.2, 0.25) is 5.02 Å². The molecule has 0 aliphatic carbocycles. The minimum absolute atomic E-state index is 0.243. The molecule has 0 amide bonds. The number of nitriles is 1. The van der Waals surface area contributed by atoms with Crippen molar-refractivity contribution in [2.24, 2.45) is 0 Å². The van der Waals surface area contributed by atoms with Crippen LogP contribution < -0.4 is 4.31 Å². The van der Waals surface area contributed by atoms with Crippen LogP contribution in [0.1, 0.15) is 11.1 Å². The molecular weight excluding hydrogens is 296 g/mol. The van der Waals surface area contributed by atoms with Gasteiger partial charge in [-0.2, -0.15) is 5.26 Å². The van der Waals surface area contributed by atoms with Gasteiger partial charge in [0.15, 0.2) is 0 Å². The molecule has 2 aromatic carbocycles. The lowest BCUT2D eigenvalue weighted by Crippen LogP contribution is -2.19. The maximum absolute atomic E-state index is 11.6. The Balaban J connectivity index is 2.52. The van der Waals surface area contributed by atoms with Gasteiger partial charge in [-0.25, -0.2) is 8.51 Å². The summed E-state index contributed by atoms with van der Waals surface area (Å²) in [6, 6.07) is 13.7. The Bertz CT molecular complexity index is 695. The number of halogens is 1. The van der Waals surface area contributed by atoms with Crippen molar-refractivity contribution >= 4 is 34.2 Å². The molecule has 0 fully saturated rings. The van der Waals surface area contributed by atoms with E-state index in [4.69, 9.17) is 16.9 Å². The summed E-state index contributed by atoms with van der Waals surface area (Å²) in [5.41, 5.74) is 2.35. The lowest BCUT2D eigenvalue weighted by atomic mass is 10.2. The van der Waals surface area contributed by atoms with Gasteiger partial charge in [0.2, 0.25) is 0 Å². The molecule has 2 aromatic rings. The number of benzene rings is 2. The normalized spacial score (nSPS) is 11.7. The zero-order chi connectivity index (χ0) is 14.7. The summed E-state index contributed by atoms with van der Waals surface area (Å²) < 4.78 is 22.3. The average Bonchev–Trinajstić information content (AvgIpc) is 2.42. The van der Waals surface area contributed by atoms with E-state index in [1.807, 2.05) is 25.1 Å². The van der Waals surface area contributed by atoms with Gasteiger partial charge in [-0.3, -0.25) is 4.55 Å². The van der Waals surface area contributed by atoms with Crippen LogP contribution in [-0.4, -0.2) is 8.76 Å². The minimum Gasteiger partial charge on any atom is -0.289 e. The highest BCUT2D eigenvalue weighted by Crippen LogP contribution is 2.33. The highest BCUT2D eigenvalue weighted by atomic mass is 35.5. The lowest BCUT2D eigenvalue weighted by molar-refractivity contribution is 0.564. The zero-order valence-electron chi connectivity index (χ0n) is 10.6. The smallest absolute Gasteiger partial charge is 0.266 e. The van der Waals surface area contributed by atoms with Crippen molar-refractivity contribution in [3.8, 4) is 6.07 Å². The van der Waals surface area contributed by atoms with E-state index in [1.165, 1.54) is 10.4 Å². The molecule has 0 aromatic heterocycles. The summed E-state index contributed by atoms with van der Waals surface area (Å²) in [6.45, 7) is 1.93. The van der Waals surface area contributed by atoms with Crippen molar-refractivity contribution in [2.45, 2.75) is 6.92 Å². The number of anilines is 2. The fourth-order valence-corrected chi connectivity index (χ4v) is 2.68. The van der Waals surface area contributed by atoms with Gasteiger partial charge < -0.3 is 0 Å². The monoisotopic (exact) mass is 306 g/mol. The first-order chi connectivity index (χ1) is 9.52. The van der Waals surface area contributed by atoms with Crippen LogP contribution in [0.15, 0.2) is 42.5 Å². The molecule has 6 heteroatoms. The van der Waals surface area contributed by atoms with Gasteiger partial charge in [0.25, 0.3) is 11.3 Å². The summed E-state index contributed by atoms with van der Waals surface area (Å²) in [5, 5.41) is 9.06. The van der Waals surface area contributed by atoms with Crippen LogP contribution in [0.25, 0.3) is 0 Å². The standard InChI is InChI=1S/C14H11ClN2O2S/c1-10-2-5-12(6-3-10)17(20(18)19)14-7-4-11(9-16)8-13(14)15/h2-8H,1H3,(H,18,19). The summed E-state index contributed by atoms with van der Waals surface area (Å²) in [6.07, 6.45) is 0. The Morgan fingerprint density at radius 3 is 2.40 bits per heavy atom. The average molecular weight is 307 g/mol. The topological polar surface area (TPSA) is 64.3 Å². The molecular formula is C14H11ClN2O2S. The van der Waals surface area contributed by atoms with E-state index in [1.54, 1.807) is 24.3 Å². The van der Waals surface area contributed by atoms with Gasteiger partial charge in [-0.1, -0.05) is 29.3 Å². The number of nitrogens with zero attached hydrogens (tertiary/aromatic N) is 2. The minimum atomic E-state index is -2.26. The highest BCUT2D eigenvalue weighted by molar-refractivity contribution is 7.81. The van der Waals surface area contributed by atoms with Gasteiger partial charge in [-0.05, 0) is 37.3 Å². The van der Waals surface area contributed by atoms with E-state index in [9.17, 15) is 8.76 Å². The molecule has 1 unspecified atom stereocenters. The Kier molecular flexibility index (Phi) is 4.40. The highest BCUT2D eigenvalue weighted by Gasteiger charge is 2.18. The second-order valence-corrected chi connectivity index (χ2v) is 5.37. The van der Waals surface area contributed by atoms with Crippen molar-refractivity contribution in [1.29, 1.82) is 5.26 Å². The molecule has 0 aliphatic rings. The first-order valence-electron chi connectivity index (χ1n) is 5.70. The molecule has 0 saturated carbocycles. The summed E-state index contributed by atoms with van der Waals surface area (Å²) >= 11 is 3.83. The van der Waals surface area contributed by atoms with E-state index >= 15 is 0 Å². The van der Waals surface area contributed by atoms with Gasteiger partial charge in [0, 0.05) is 0 Å². The first-order valence-corrected chi connectivity index (χ1v) is 7.14. The molecule has 2 rings (SSSR count). The van der Waals surface area contributed by atoms with Crippen molar-refractivity contribution in [3.63, 3.8) is 0 Å². The Morgan fingerprint density at radius 2 is 1.90 bits per heavy atom. The van der Waals surface area contributed by atoms with Crippen molar-refractivity contribution < 1.29 is 8.76 Å². The van der Waals surface area contributed by atoms with E-state index in [2.05, 4.69) is 0 Å². The van der Waals surface area contributed by atoms with Gasteiger partial charge in [0.1, 0.15) is 0 Å². The van der Waals surface area contributed by atoms with Crippen LogP contribution in [0.4, 0.5) is 11.4 Å². The summed E-state index contributed by atoms with van der Waals surface area (Å²) in [7, 11) is 0. The van der Waals surface area contributed by atoms with Crippen LogP contribution in [0.5, 0.6) is 0 Å². The van der Waals surface area contributed by atoms with Gasteiger partial charge >= 0.3 is 0 Å². The molecule has 0 saturated heterocycles. The first kappa shape index (κ1) is 14.5. The van der Waals surface area contributed by atoms with Gasteiger partial charge in [-0.15, -0.1) is 0 Å². The number of hydrogen-bond acceptors (Lipinski definition) is 2. The van der Waals surface area contributed by atoms with E-state index in [-0.39, 0.29) is 5.02 Å². The number of rotatable bonds is 3. The third-order valence-corrected chi connectivity index (χ3v) is 3.74. The molecule has 102 valence electrons. The SMILES string of the molecule is Cc1ccc(N(c2ccc(C#N)cc2Cl)S(=O)O)cc1. The van der Waals surface area contributed by atoms with Crippen LogP contribution in [0.3, 0.4) is 0 Å². The van der Waals surface area contributed by atoms with Crippen LogP contribution in [0, 0.1) is 18.3 Å². The Labute approximate surface area is 124 Å². The second kappa shape index (κ2) is 6.06. The third kappa shape index (κ3) is 2.99. The molecule has 0 radical (unpaired) electrons. The fraction of sp³-hybridized carbons (Fsp3) is 0.0714. The molecule has 0 aliphatic heterocycles. The maximum Gasteiger partial charge on any atom is 0.266 e. The molecule has 4 nitrogen and oxygen atoms in total. The summed E-state index contributed by atoms with van der Waals surface area (Å²) in [5.74, 6) is 0. The molecule has 0 spiro atoms. The van der Waals surface area contributed by atoms with Crippen molar-refractivity contribution in [2.75, 3.05) is 4.31 Å². The lowest BCUT2D eigenvalue weighted by Gasteiger charge is -2.21. The predicted molar refractivity (Wildman–Crippen MR) is 80.3 cm³/mol. The van der Waals surface area contributed by atoms with Crippen LogP contribution >= 0.6 is 11.6 Å². The molecule has 0 bridgehead atoms. The second-order valence-electron chi connectivity index (χ2n) is 4.14. The maximum atomic E-state index is 11.6. The Hall–Kier alpha value is -1.87. The van der Waals surface area contributed by atoms with E-state index in [0.29, 0.717) is 16.9 Å². The molecule has 0 heterocycles. The quantitative estimate of drug-likeness (QED) is 0.877. The largest absolute Gasteiger partial charge is 0.289 e. The zero-order valence-corrected chi connectivity index (χ0v) is 12.1. The molecule has 1 atom stereocenters. The third-order valence-electron chi connectivity index (χ3n) is 2.72. The predicted octanol–water partition coefficient (Wildman–Crippen LogP) is 3.79. The van der Waals surface area contributed by atoms with Crippen molar-refractivity contribution in [3.05, 3.63) is 58.6 Å².